The van der Waals surface area contributed by atoms with Gasteiger partial charge in [-0.3, -0.25) is 4.79 Å². The van der Waals surface area contributed by atoms with Gasteiger partial charge in [0.25, 0.3) is 5.91 Å². The summed E-state index contributed by atoms with van der Waals surface area (Å²) in [6.07, 6.45) is 2.08. The SMILES string of the molecule is CN(C(=O)c1ccnc(NCc2ccccc2)c1)C1CCS(=O)(=O)C1. The Morgan fingerprint density at radius 2 is 2.04 bits per heavy atom. The highest BCUT2D eigenvalue weighted by Gasteiger charge is 2.33. The van der Waals surface area contributed by atoms with Crippen molar-refractivity contribution in [2.24, 2.45) is 0 Å². The van der Waals surface area contributed by atoms with E-state index in [0.717, 1.165) is 5.56 Å². The average Bonchev–Trinajstić information content (AvgIpc) is 3.00. The highest BCUT2D eigenvalue weighted by molar-refractivity contribution is 7.91. The minimum absolute atomic E-state index is 0.0411. The highest BCUT2D eigenvalue weighted by atomic mass is 32.2. The van der Waals surface area contributed by atoms with Crippen LogP contribution in [0.2, 0.25) is 0 Å². The average molecular weight is 359 g/mol. The number of nitrogens with zero attached hydrogens (tertiary/aromatic N) is 2. The molecule has 1 unspecified atom stereocenters. The Hall–Kier alpha value is -2.41. The predicted octanol–water partition coefficient (Wildman–Crippen LogP) is 1.95. The summed E-state index contributed by atoms with van der Waals surface area (Å²) >= 11 is 0. The lowest BCUT2D eigenvalue weighted by molar-refractivity contribution is 0.0747. The lowest BCUT2D eigenvalue weighted by atomic mass is 10.1. The number of nitrogens with one attached hydrogen (secondary N) is 1. The van der Waals surface area contributed by atoms with Gasteiger partial charge in [0.1, 0.15) is 5.82 Å². The van der Waals surface area contributed by atoms with Gasteiger partial charge in [0.15, 0.2) is 9.84 Å². The molecule has 1 atom stereocenters. The molecule has 1 saturated heterocycles. The van der Waals surface area contributed by atoms with Crippen LogP contribution < -0.4 is 5.32 Å². The standard InChI is InChI=1S/C18H21N3O3S/c1-21(16-8-10-25(23,24)13-16)18(22)15-7-9-19-17(11-15)20-12-14-5-3-2-4-6-14/h2-7,9,11,16H,8,10,12-13H2,1H3,(H,19,20). The molecule has 0 aliphatic carbocycles. The first kappa shape index (κ1) is 17.4. The van der Waals surface area contributed by atoms with Gasteiger partial charge in [-0.1, -0.05) is 30.3 Å². The van der Waals surface area contributed by atoms with Crippen molar-refractivity contribution in [3.63, 3.8) is 0 Å². The van der Waals surface area contributed by atoms with E-state index in [0.29, 0.717) is 24.3 Å². The van der Waals surface area contributed by atoms with Crippen LogP contribution in [0.4, 0.5) is 5.82 Å². The zero-order valence-electron chi connectivity index (χ0n) is 14.1. The Kier molecular flexibility index (Phi) is 5.03. The molecule has 7 heteroatoms. The van der Waals surface area contributed by atoms with E-state index in [2.05, 4.69) is 10.3 Å². The molecule has 3 rings (SSSR count). The number of hydrogen-bond acceptors (Lipinski definition) is 5. The number of pyridine rings is 1. The topological polar surface area (TPSA) is 79.4 Å². The molecule has 1 amide bonds. The fraction of sp³-hybridized carbons (Fsp3) is 0.333. The lowest BCUT2D eigenvalue weighted by Crippen LogP contribution is -2.37. The van der Waals surface area contributed by atoms with Crippen molar-refractivity contribution >= 4 is 21.6 Å². The summed E-state index contributed by atoms with van der Waals surface area (Å²) in [5.74, 6) is 0.615. The number of sulfone groups is 1. The van der Waals surface area contributed by atoms with Crippen molar-refractivity contribution < 1.29 is 13.2 Å². The largest absolute Gasteiger partial charge is 0.366 e. The van der Waals surface area contributed by atoms with E-state index >= 15 is 0 Å². The Morgan fingerprint density at radius 3 is 2.72 bits per heavy atom. The van der Waals surface area contributed by atoms with E-state index in [1.54, 1.807) is 25.4 Å². The van der Waals surface area contributed by atoms with Crippen LogP contribution in [-0.4, -0.2) is 48.8 Å². The molecule has 6 nitrogen and oxygen atoms in total. The van der Waals surface area contributed by atoms with E-state index in [1.807, 2.05) is 30.3 Å². The van der Waals surface area contributed by atoms with Crippen LogP contribution in [-0.2, 0) is 16.4 Å². The van der Waals surface area contributed by atoms with Crippen LogP contribution in [0.5, 0.6) is 0 Å². The number of anilines is 1. The number of hydrogen-bond donors (Lipinski definition) is 1. The van der Waals surface area contributed by atoms with E-state index in [9.17, 15) is 13.2 Å². The van der Waals surface area contributed by atoms with Gasteiger partial charge in [0, 0.05) is 31.4 Å². The first-order chi connectivity index (χ1) is 11.9. The number of amides is 1. The van der Waals surface area contributed by atoms with Gasteiger partial charge in [0.05, 0.1) is 11.5 Å². The molecule has 0 spiro atoms. The van der Waals surface area contributed by atoms with Gasteiger partial charge < -0.3 is 10.2 Å². The van der Waals surface area contributed by atoms with Crippen molar-refractivity contribution in [1.82, 2.24) is 9.88 Å². The molecule has 1 fully saturated rings. The molecule has 0 bridgehead atoms. The molecule has 25 heavy (non-hydrogen) atoms. The van der Waals surface area contributed by atoms with Crippen molar-refractivity contribution in [3.8, 4) is 0 Å². The fourth-order valence-electron chi connectivity index (χ4n) is 2.90. The van der Waals surface area contributed by atoms with Gasteiger partial charge in [-0.2, -0.15) is 0 Å². The molecule has 0 saturated carbocycles. The third-order valence-electron chi connectivity index (χ3n) is 4.40. The van der Waals surface area contributed by atoms with Gasteiger partial charge in [-0.15, -0.1) is 0 Å². The molecule has 1 aromatic carbocycles. The maximum absolute atomic E-state index is 12.6. The normalized spacial score (nSPS) is 18.7. The predicted molar refractivity (Wildman–Crippen MR) is 97.2 cm³/mol. The van der Waals surface area contributed by atoms with Crippen LogP contribution in [0.1, 0.15) is 22.3 Å². The molecule has 132 valence electrons. The summed E-state index contributed by atoms with van der Waals surface area (Å²) in [6.45, 7) is 0.613. The third-order valence-corrected chi connectivity index (χ3v) is 6.15. The third kappa shape index (κ3) is 4.36. The summed E-state index contributed by atoms with van der Waals surface area (Å²) < 4.78 is 23.2. The zero-order chi connectivity index (χ0) is 17.9. The summed E-state index contributed by atoms with van der Waals surface area (Å²) in [7, 11) is -1.36. The lowest BCUT2D eigenvalue weighted by Gasteiger charge is -2.23. The molecular formula is C18H21N3O3S. The van der Waals surface area contributed by atoms with Crippen molar-refractivity contribution in [1.29, 1.82) is 0 Å². The maximum Gasteiger partial charge on any atom is 0.254 e. The molecule has 1 aliphatic rings. The molecule has 2 aromatic rings. The van der Waals surface area contributed by atoms with Gasteiger partial charge in [-0.05, 0) is 24.1 Å². The quantitative estimate of drug-likeness (QED) is 0.883. The highest BCUT2D eigenvalue weighted by Crippen LogP contribution is 2.19. The van der Waals surface area contributed by atoms with Crippen LogP contribution in [0.25, 0.3) is 0 Å². The van der Waals surface area contributed by atoms with Gasteiger partial charge in [0.2, 0.25) is 0 Å². The molecule has 2 heterocycles. The molecular weight excluding hydrogens is 338 g/mol. The van der Waals surface area contributed by atoms with E-state index in [1.165, 1.54) is 4.90 Å². The number of rotatable bonds is 5. The monoisotopic (exact) mass is 359 g/mol. The summed E-state index contributed by atoms with van der Waals surface area (Å²) in [5, 5.41) is 3.20. The molecule has 1 aromatic heterocycles. The Bertz CT molecular complexity index is 853. The number of benzene rings is 1. The van der Waals surface area contributed by atoms with Gasteiger partial charge in [-0.25, -0.2) is 13.4 Å². The minimum Gasteiger partial charge on any atom is -0.366 e. The molecule has 1 N–H and O–H groups in total. The second kappa shape index (κ2) is 7.23. The zero-order valence-corrected chi connectivity index (χ0v) is 14.9. The maximum atomic E-state index is 12.6. The van der Waals surface area contributed by atoms with Crippen LogP contribution in [0, 0.1) is 0 Å². The Labute approximate surface area is 147 Å². The van der Waals surface area contributed by atoms with Crippen molar-refractivity contribution in [3.05, 3.63) is 59.8 Å². The van der Waals surface area contributed by atoms with Gasteiger partial charge >= 0.3 is 0 Å². The molecule has 0 radical (unpaired) electrons. The summed E-state index contributed by atoms with van der Waals surface area (Å²) in [4.78, 5) is 18.4. The number of carbonyl (C=O) groups excluding carboxylic acids is 1. The summed E-state index contributed by atoms with van der Waals surface area (Å²) in [6, 6.07) is 13.0. The fourth-order valence-corrected chi connectivity index (χ4v) is 4.67. The van der Waals surface area contributed by atoms with Crippen LogP contribution >= 0.6 is 0 Å². The summed E-state index contributed by atoms with van der Waals surface area (Å²) in [5.41, 5.74) is 1.62. The van der Waals surface area contributed by atoms with Crippen LogP contribution in [0.15, 0.2) is 48.7 Å². The second-order valence-electron chi connectivity index (χ2n) is 6.24. The van der Waals surface area contributed by atoms with Crippen LogP contribution in [0.3, 0.4) is 0 Å². The number of aromatic nitrogens is 1. The van der Waals surface area contributed by atoms with E-state index in [-0.39, 0.29) is 23.5 Å². The van der Waals surface area contributed by atoms with E-state index < -0.39 is 9.84 Å². The second-order valence-corrected chi connectivity index (χ2v) is 8.47. The van der Waals surface area contributed by atoms with Crippen molar-refractivity contribution in [2.45, 2.75) is 19.0 Å². The van der Waals surface area contributed by atoms with Crippen molar-refractivity contribution in [2.75, 3.05) is 23.9 Å². The molecule has 1 aliphatic heterocycles. The Morgan fingerprint density at radius 1 is 1.28 bits per heavy atom. The number of carbonyl (C=O) groups is 1. The smallest absolute Gasteiger partial charge is 0.254 e. The van der Waals surface area contributed by atoms with E-state index in [4.69, 9.17) is 0 Å². The minimum atomic E-state index is -3.02. The first-order valence-corrected chi connectivity index (χ1v) is 9.98. The Balaban J connectivity index is 1.67. The first-order valence-electron chi connectivity index (χ1n) is 8.16.